The van der Waals surface area contributed by atoms with E-state index in [1.165, 1.54) is 22.3 Å². The fraction of sp³-hybridized carbons (Fsp3) is 0.280. The van der Waals surface area contributed by atoms with E-state index in [9.17, 15) is 0 Å². The molecule has 0 bridgehead atoms. The molecule has 0 spiro atoms. The van der Waals surface area contributed by atoms with Crippen LogP contribution in [0.25, 0.3) is 0 Å². The molecule has 0 N–H and O–H groups in total. The second-order valence-electron chi connectivity index (χ2n) is 6.49. The smallest absolute Gasteiger partial charge is 0.0219 e. The molecule has 0 saturated carbocycles. The Bertz CT molecular complexity index is 660. The third kappa shape index (κ3) is 8.91. The first-order valence-corrected chi connectivity index (χ1v) is 9.15. The van der Waals surface area contributed by atoms with Crippen LogP contribution in [0.3, 0.4) is 0 Å². The van der Waals surface area contributed by atoms with Gasteiger partial charge >= 0.3 is 0 Å². The molecule has 3 rings (SSSR count). The molecule has 0 aliphatic rings. The van der Waals surface area contributed by atoms with Crippen LogP contribution in [0, 0.1) is 13.8 Å². The van der Waals surface area contributed by atoms with Crippen LogP contribution in [0.1, 0.15) is 48.9 Å². The highest BCUT2D eigenvalue weighted by molar-refractivity contribution is 5.23. The maximum Gasteiger partial charge on any atom is -0.0219 e. The monoisotopic (exact) mass is 332 g/mol. The molecule has 25 heavy (non-hydrogen) atoms. The molecule has 0 amide bonds. The predicted octanol–water partition coefficient (Wildman–Crippen LogP) is 7.36. The van der Waals surface area contributed by atoms with Crippen molar-refractivity contribution in [2.24, 2.45) is 0 Å². The minimum atomic E-state index is 0.659. The van der Waals surface area contributed by atoms with Crippen LogP contribution in [-0.4, -0.2) is 0 Å². The maximum atomic E-state index is 2.20. The van der Waals surface area contributed by atoms with Crippen molar-refractivity contribution in [3.05, 3.63) is 107 Å². The van der Waals surface area contributed by atoms with Gasteiger partial charge < -0.3 is 0 Å². The zero-order valence-electron chi connectivity index (χ0n) is 16.4. The number of aryl methyl sites for hydroxylation is 3. The molecular formula is C25H32. The van der Waals surface area contributed by atoms with Gasteiger partial charge in [0.1, 0.15) is 0 Å². The summed E-state index contributed by atoms with van der Waals surface area (Å²) in [7, 11) is 0. The molecule has 0 heteroatoms. The molecule has 0 aliphatic heterocycles. The maximum absolute atomic E-state index is 2.20. The Labute approximate surface area is 154 Å². The lowest BCUT2D eigenvalue weighted by Crippen LogP contribution is -1.83. The Kier molecular flexibility index (Phi) is 10.0. The van der Waals surface area contributed by atoms with Gasteiger partial charge in [0.25, 0.3) is 0 Å². The van der Waals surface area contributed by atoms with Gasteiger partial charge in [-0.05, 0) is 48.4 Å². The van der Waals surface area contributed by atoms with Crippen molar-refractivity contribution >= 4 is 0 Å². The van der Waals surface area contributed by atoms with Crippen LogP contribution in [-0.2, 0) is 6.42 Å². The highest BCUT2D eigenvalue weighted by atomic mass is 14.0. The summed E-state index contributed by atoms with van der Waals surface area (Å²) < 4.78 is 0. The van der Waals surface area contributed by atoms with E-state index < -0.39 is 0 Å². The summed E-state index contributed by atoms with van der Waals surface area (Å²) in [5, 5.41) is 0. The van der Waals surface area contributed by atoms with Crippen LogP contribution >= 0.6 is 0 Å². The van der Waals surface area contributed by atoms with E-state index in [4.69, 9.17) is 0 Å². The van der Waals surface area contributed by atoms with E-state index in [1.807, 2.05) is 12.1 Å². The number of benzene rings is 3. The summed E-state index contributed by atoms with van der Waals surface area (Å²) >= 11 is 0. The van der Waals surface area contributed by atoms with Crippen LogP contribution in [0.15, 0.2) is 84.9 Å². The van der Waals surface area contributed by atoms with Crippen LogP contribution in [0.4, 0.5) is 0 Å². The van der Waals surface area contributed by atoms with Gasteiger partial charge in [-0.2, -0.15) is 0 Å². The third-order valence-electron chi connectivity index (χ3n) is 4.14. The fourth-order valence-corrected chi connectivity index (χ4v) is 2.21. The second-order valence-corrected chi connectivity index (χ2v) is 6.49. The molecule has 132 valence electrons. The van der Waals surface area contributed by atoms with Crippen molar-refractivity contribution in [3.8, 4) is 0 Å². The Morgan fingerprint density at radius 3 is 1.28 bits per heavy atom. The molecule has 0 heterocycles. The van der Waals surface area contributed by atoms with Gasteiger partial charge in [-0.25, -0.2) is 0 Å². The van der Waals surface area contributed by atoms with Gasteiger partial charge in [0.15, 0.2) is 0 Å². The van der Waals surface area contributed by atoms with Crippen LogP contribution < -0.4 is 0 Å². The molecule has 3 aromatic carbocycles. The van der Waals surface area contributed by atoms with E-state index in [0.717, 1.165) is 6.42 Å². The lowest BCUT2D eigenvalue weighted by Gasteiger charge is -2.01. The zero-order valence-corrected chi connectivity index (χ0v) is 16.4. The Morgan fingerprint density at radius 2 is 1.00 bits per heavy atom. The summed E-state index contributed by atoms with van der Waals surface area (Å²) in [6.07, 6.45) is 1.14. The number of rotatable bonds is 2. The highest BCUT2D eigenvalue weighted by Gasteiger charge is 1.93. The predicted molar refractivity (Wildman–Crippen MR) is 112 cm³/mol. The first-order chi connectivity index (χ1) is 12.0. The van der Waals surface area contributed by atoms with Gasteiger partial charge in [0, 0.05) is 0 Å². The van der Waals surface area contributed by atoms with E-state index in [2.05, 4.69) is 107 Å². The normalized spacial score (nSPS) is 9.52. The number of hydrogen-bond acceptors (Lipinski definition) is 0. The zero-order chi connectivity index (χ0) is 18.5. The Hall–Kier alpha value is -2.34. The van der Waals surface area contributed by atoms with Crippen molar-refractivity contribution in [2.45, 2.75) is 47.0 Å². The van der Waals surface area contributed by atoms with Gasteiger partial charge in [-0.3, -0.25) is 0 Å². The Balaban J connectivity index is 0.000000188. The number of hydrogen-bond donors (Lipinski definition) is 0. The average Bonchev–Trinajstić information content (AvgIpc) is 2.66. The first kappa shape index (κ1) is 20.7. The van der Waals surface area contributed by atoms with Crippen LogP contribution in [0.5, 0.6) is 0 Å². The lowest BCUT2D eigenvalue weighted by atomic mass is 10.0. The quantitative estimate of drug-likeness (QED) is 0.460. The average molecular weight is 333 g/mol. The molecule has 0 fully saturated rings. The van der Waals surface area contributed by atoms with E-state index in [0.29, 0.717) is 5.92 Å². The summed E-state index contributed by atoms with van der Waals surface area (Å²) in [5.74, 6) is 0.659. The third-order valence-corrected chi connectivity index (χ3v) is 4.14. The molecule has 0 radical (unpaired) electrons. The largest absolute Gasteiger partial charge is 0.0622 e. The fourth-order valence-electron chi connectivity index (χ4n) is 2.21. The van der Waals surface area contributed by atoms with E-state index >= 15 is 0 Å². The van der Waals surface area contributed by atoms with Crippen molar-refractivity contribution in [2.75, 3.05) is 0 Å². The molecule has 0 aromatic heterocycles. The molecule has 3 aromatic rings. The van der Waals surface area contributed by atoms with Crippen LogP contribution in [0.2, 0.25) is 0 Å². The van der Waals surface area contributed by atoms with Crippen molar-refractivity contribution < 1.29 is 0 Å². The standard InChI is InChI=1S/C9H12.2C8H10/c1-8(2)9-6-4-3-5-7-9;1-7-5-3-4-6-8(7)2;1-2-8-6-4-3-5-7-8/h3-8H,1-2H3;3-6H,1-2H3;3-7H,2H2,1H3. The molecule has 0 atom stereocenters. The van der Waals surface area contributed by atoms with Gasteiger partial charge in [0.05, 0.1) is 0 Å². The van der Waals surface area contributed by atoms with E-state index in [-0.39, 0.29) is 0 Å². The SMILES string of the molecule is CC(C)c1ccccc1.CCc1ccccc1.Cc1ccccc1C. The van der Waals surface area contributed by atoms with Crippen molar-refractivity contribution in [1.29, 1.82) is 0 Å². The Morgan fingerprint density at radius 1 is 0.600 bits per heavy atom. The minimum absolute atomic E-state index is 0.659. The van der Waals surface area contributed by atoms with Gasteiger partial charge in [-0.1, -0.05) is 106 Å². The minimum Gasteiger partial charge on any atom is -0.0622 e. The van der Waals surface area contributed by atoms with Crippen molar-refractivity contribution in [1.82, 2.24) is 0 Å². The van der Waals surface area contributed by atoms with Gasteiger partial charge in [-0.15, -0.1) is 0 Å². The molecule has 0 aliphatic carbocycles. The molecule has 0 saturated heterocycles. The first-order valence-electron chi connectivity index (χ1n) is 9.15. The summed E-state index contributed by atoms with van der Waals surface area (Å²) in [6, 6.07) is 29.3. The topological polar surface area (TPSA) is 0 Å². The molecule has 0 nitrogen and oxygen atoms in total. The molecular weight excluding hydrogens is 300 g/mol. The lowest BCUT2D eigenvalue weighted by molar-refractivity contribution is 0.867. The highest BCUT2D eigenvalue weighted by Crippen LogP contribution is 2.11. The molecule has 0 unspecified atom stereocenters. The second kappa shape index (κ2) is 12.1. The van der Waals surface area contributed by atoms with Gasteiger partial charge in [0.2, 0.25) is 0 Å². The summed E-state index contributed by atoms with van der Waals surface area (Å²) in [4.78, 5) is 0. The van der Waals surface area contributed by atoms with Crippen molar-refractivity contribution in [3.63, 3.8) is 0 Å². The van der Waals surface area contributed by atoms with E-state index in [1.54, 1.807) is 0 Å². The summed E-state index contributed by atoms with van der Waals surface area (Å²) in [6.45, 7) is 10.8. The summed E-state index contributed by atoms with van der Waals surface area (Å²) in [5.41, 5.74) is 5.56.